The number of carbonyl (C=O) groups excluding carboxylic acids is 1. The van der Waals surface area contributed by atoms with Gasteiger partial charge < -0.3 is 14.5 Å². The highest BCUT2D eigenvalue weighted by Gasteiger charge is 2.54. The summed E-state index contributed by atoms with van der Waals surface area (Å²) in [6.07, 6.45) is 8.39. The number of fused-ring (bicyclic) bond motifs is 2. The van der Waals surface area contributed by atoms with E-state index in [1.54, 1.807) is 6.26 Å². The van der Waals surface area contributed by atoms with Crippen molar-refractivity contribution in [2.75, 3.05) is 13.1 Å². The number of benzene rings is 1. The van der Waals surface area contributed by atoms with E-state index in [1.807, 2.05) is 6.07 Å². The predicted octanol–water partition coefficient (Wildman–Crippen LogP) is 6.01. The molecule has 0 bridgehead atoms. The molecule has 4 heteroatoms. The minimum atomic E-state index is -0.0456. The third-order valence-corrected chi connectivity index (χ3v) is 8.66. The molecule has 33 heavy (non-hydrogen) atoms. The fourth-order valence-corrected chi connectivity index (χ4v) is 6.75. The first-order valence-electron chi connectivity index (χ1n) is 12.6. The molecule has 1 aromatic heterocycles. The van der Waals surface area contributed by atoms with Gasteiger partial charge in [0, 0.05) is 18.4 Å². The lowest BCUT2D eigenvalue weighted by atomic mass is 9.55. The monoisotopic (exact) mass is 447 g/mol. The number of hydrogen-bond acceptors (Lipinski definition) is 4. The normalized spacial score (nSPS) is 32.2. The Kier molecular flexibility index (Phi) is 6.22. The van der Waals surface area contributed by atoms with Gasteiger partial charge in [-0.3, -0.25) is 4.79 Å². The predicted molar refractivity (Wildman–Crippen MR) is 130 cm³/mol. The van der Waals surface area contributed by atoms with E-state index >= 15 is 0 Å². The molecule has 0 unspecified atom stereocenters. The smallest absolute Gasteiger partial charge is 0.310 e. The Bertz CT molecular complexity index is 979. The molecule has 1 aromatic carbocycles. The van der Waals surface area contributed by atoms with Crippen molar-refractivity contribution in [2.24, 2.45) is 23.2 Å². The Morgan fingerprint density at radius 1 is 1.24 bits per heavy atom. The molecule has 6 atom stereocenters. The van der Waals surface area contributed by atoms with Crippen molar-refractivity contribution in [3.8, 4) is 0 Å². The Morgan fingerprint density at radius 3 is 2.82 bits per heavy atom. The lowest BCUT2D eigenvalue weighted by Crippen LogP contribution is -2.45. The summed E-state index contributed by atoms with van der Waals surface area (Å²) in [5.41, 5.74) is 4.17. The van der Waals surface area contributed by atoms with Crippen molar-refractivity contribution >= 4 is 5.97 Å². The summed E-state index contributed by atoms with van der Waals surface area (Å²) in [5, 5.41) is 3.59. The van der Waals surface area contributed by atoms with E-state index in [4.69, 9.17) is 9.15 Å². The first-order chi connectivity index (χ1) is 15.9. The average molecular weight is 448 g/mol. The third kappa shape index (κ3) is 4.42. The average Bonchev–Trinajstić information content (AvgIpc) is 3.41. The maximum Gasteiger partial charge on any atom is 0.310 e. The van der Waals surface area contributed by atoms with Crippen LogP contribution in [-0.4, -0.2) is 25.2 Å². The lowest BCUT2D eigenvalue weighted by molar-refractivity contribution is -0.146. The number of rotatable bonds is 7. The van der Waals surface area contributed by atoms with Crippen molar-refractivity contribution in [3.05, 3.63) is 71.7 Å². The molecular weight excluding hydrogens is 410 g/mol. The van der Waals surface area contributed by atoms with Crippen LogP contribution < -0.4 is 5.32 Å². The second-order valence-electron chi connectivity index (χ2n) is 10.9. The van der Waals surface area contributed by atoms with Gasteiger partial charge in [0.15, 0.2) is 0 Å². The van der Waals surface area contributed by atoms with Crippen LogP contribution in [0.1, 0.15) is 68.3 Å². The van der Waals surface area contributed by atoms with Gasteiger partial charge in [-0.05, 0) is 81.0 Å². The maximum atomic E-state index is 12.8. The van der Waals surface area contributed by atoms with Crippen LogP contribution in [0.15, 0.2) is 59.2 Å². The first-order valence-corrected chi connectivity index (χ1v) is 12.6. The van der Waals surface area contributed by atoms with E-state index in [2.05, 4.69) is 56.1 Å². The summed E-state index contributed by atoms with van der Waals surface area (Å²) in [6.45, 7) is 10.4. The van der Waals surface area contributed by atoms with E-state index < -0.39 is 0 Å². The van der Waals surface area contributed by atoms with Crippen molar-refractivity contribution in [2.45, 2.75) is 64.4 Å². The molecule has 5 rings (SSSR count). The second kappa shape index (κ2) is 9.13. The van der Waals surface area contributed by atoms with Gasteiger partial charge >= 0.3 is 5.97 Å². The van der Waals surface area contributed by atoms with Gasteiger partial charge in [-0.15, -0.1) is 0 Å². The fraction of sp³-hybridized carbons (Fsp3) is 0.552. The molecule has 1 saturated heterocycles. The van der Waals surface area contributed by atoms with Gasteiger partial charge in [0.05, 0.1) is 12.2 Å². The molecular formula is C29H37NO3. The van der Waals surface area contributed by atoms with E-state index in [1.165, 1.54) is 29.5 Å². The van der Waals surface area contributed by atoms with E-state index in [0.717, 1.165) is 38.0 Å². The topological polar surface area (TPSA) is 51.5 Å². The number of esters is 1. The Labute approximate surface area is 197 Å². The van der Waals surface area contributed by atoms with E-state index in [0.29, 0.717) is 18.4 Å². The number of furan rings is 1. The number of carbonyl (C=O) groups is 1. The Hall–Kier alpha value is -2.33. The van der Waals surface area contributed by atoms with Crippen LogP contribution in [0.3, 0.4) is 0 Å². The number of nitrogens with one attached hydrogen (secondary N) is 1. The minimum Gasteiger partial charge on any atom is -0.469 e. The summed E-state index contributed by atoms with van der Waals surface area (Å²) in [4.78, 5) is 12.8. The van der Waals surface area contributed by atoms with Crippen molar-refractivity contribution in [1.82, 2.24) is 5.32 Å². The second-order valence-corrected chi connectivity index (χ2v) is 10.9. The van der Waals surface area contributed by atoms with Gasteiger partial charge in [0.1, 0.15) is 11.9 Å². The standard InChI is InChI=1S/C29H37NO3/c1-19-8-10-21(11-9-19)22(26-7-5-15-32-26)12-14-30-18-24-23-16-25-20(2)6-4-13-29(25,3)17-27(23)33-28(24)31/h5,7-11,15,22-25,27,30H,2,4,6,12-14,16-18H2,1,3H3/t22-,23+,24-,25-,27+,29+/m0/s1. The van der Waals surface area contributed by atoms with Crippen LogP contribution >= 0.6 is 0 Å². The zero-order valence-electron chi connectivity index (χ0n) is 20.0. The van der Waals surface area contributed by atoms with E-state index in [-0.39, 0.29) is 29.3 Å². The summed E-state index contributed by atoms with van der Waals surface area (Å²) in [6, 6.07) is 12.7. The molecule has 3 fully saturated rings. The highest BCUT2D eigenvalue weighted by atomic mass is 16.6. The zero-order valence-corrected chi connectivity index (χ0v) is 20.0. The fourth-order valence-electron chi connectivity index (χ4n) is 6.75. The third-order valence-electron chi connectivity index (χ3n) is 8.66. The van der Waals surface area contributed by atoms with Crippen LogP contribution in [0.4, 0.5) is 0 Å². The highest BCUT2D eigenvalue weighted by Crippen LogP contribution is 2.56. The zero-order chi connectivity index (χ0) is 23.0. The summed E-state index contributed by atoms with van der Waals surface area (Å²) >= 11 is 0. The minimum absolute atomic E-state index is 0.00789. The summed E-state index contributed by atoms with van der Waals surface area (Å²) in [7, 11) is 0. The molecule has 2 aromatic rings. The number of aryl methyl sites for hydroxylation is 1. The molecule has 176 valence electrons. The van der Waals surface area contributed by atoms with Gasteiger partial charge in [-0.1, -0.05) is 48.9 Å². The molecule has 4 nitrogen and oxygen atoms in total. The Balaban J connectivity index is 1.21. The van der Waals surface area contributed by atoms with Crippen molar-refractivity contribution < 1.29 is 13.9 Å². The molecule has 0 radical (unpaired) electrons. The number of ether oxygens (including phenoxy) is 1. The largest absolute Gasteiger partial charge is 0.469 e. The van der Waals surface area contributed by atoms with Gasteiger partial charge in [0.2, 0.25) is 0 Å². The summed E-state index contributed by atoms with van der Waals surface area (Å²) in [5.74, 6) is 1.99. The Morgan fingerprint density at radius 2 is 2.06 bits per heavy atom. The van der Waals surface area contributed by atoms with Gasteiger partial charge in [-0.25, -0.2) is 0 Å². The van der Waals surface area contributed by atoms with Gasteiger partial charge in [-0.2, -0.15) is 0 Å². The number of hydrogen-bond donors (Lipinski definition) is 1. The van der Waals surface area contributed by atoms with Crippen LogP contribution in [0.2, 0.25) is 0 Å². The first kappa shape index (κ1) is 22.5. The van der Waals surface area contributed by atoms with Crippen LogP contribution in [0.25, 0.3) is 0 Å². The van der Waals surface area contributed by atoms with Crippen LogP contribution in [0.5, 0.6) is 0 Å². The molecule has 0 spiro atoms. The van der Waals surface area contributed by atoms with Crippen molar-refractivity contribution in [3.63, 3.8) is 0 Å². The molecule has 1 N–H and O–H groups in total. The molecule has 0 amide bonds. The van der Waals surface area contributed by atoms with E-state index in [9.17, 15) is 4.79 Å². The number of allylic oxidation sites excluding steroid dienone is 1. The molecule has 2 heterocycles. The molecule has 2 aliphatic carbocycles. The highest BCUT2D eigenvalue weighted by molar-refractivity contribution is 5.75. The SMILES string of the molecule is C=C1CCC[C@]2(C)C[C@H]3OC(=O)[C@@H](CNCC[C@@H](c4ccc(C)cc4)c4ccco4)[C@H]3C[C@@H]12. The van der Waals surface area contributed by atoms with Crippen LogP contribution in [0, 0.1) is 30.1 Å². The molecule has 3 aliphatic rings. The quantitative estimate of drug-likeness (QED) is 0.321. The van der Waals surface area contributed by atoms with Gasteiger partial charge in [0.25, 0.3) is 0 Å². The van der Waals surface area contributed by atoms with Crippen molar-refractivity contribution in [1.29, 1.82) is 0 Å². The lowest BCUT2D eigenvalue weighted by Gasteiger charge is -2.50. The molecule has 2 saturated carbocycles. The molecule has 1 aliphatic heterocycles. The van der Waals surface area contributed by atoms with Crippen LogP contribution in [-0.2, 0) is 9.53 Å². The maximum absolute atomic E-state index is 12.8. The summed E-state index contributed by atoms with van der Waals surface area (Å²) < 4.78 is 11.7.